The molecule has 0 saturated heterocycles. The van der Waals surface area contributed by atoms with Gasteiger partial charge in [0.15, 0.2) is 0 Å². The molecule has 0 spiro atoms. The zero-order valence-electron chi connectivity index (χ0n) is 11.9. The van der Waals surface area contributed by atoms with Crippen LogP contribution in [0.1, 0.15) is 25.7 Å². The maximum Gasteiger partial charge on any atom is 0.243 e. The van der Waals surface area contributed by atoms with Crippen LogP contribution in [0, 0.1) is 5.82 Å². The molecule has 20 heavy (non-hydrogen) atoms. The smallest absolute Gasteiger partial charge is 0.243 e. The van der Waals surface area contributed by atoms with Gasteiger partial charge < -0.3 is 4.90 Å². The highest BCUT2D eigenvalue weighted by molar-refractivity contribution is 7.89. The maximum atomic E-state index is 13.6. The van der Waals surface area contributed by atoms with Crippen LogP contribution >= 0.6 is 0 Å². The minimum absolute atomic E-state index is 0.154. The molecule has 1 aliphatic carbocycles. The zero-order valence-corrected chi connectivity index (χ0v) is 12.7. The Kier molecular flexibility index (Phi) is 4.46. The molecule has 1 aliphatic rings. The molecule has 0 radical (unpaired) electrons. The minimum atomic E-state index is -3.80. The van der Waals surface area contributed by atoms with E-state index < -0.39 is 15.8 Å². The first kappa shape index (κ1) is 15.4. The van der Waals surface area contributed by atoms with E-state index in [-0.39, 0.29) is 10.4 Å². The van der Waals surface area contributed by atoms with Crippen LogP contribution in [0.25, 0.3) is 0 Å². The third kappa shape index (κ3) is 3.02. The Morgan fingerprint density at radius 2 is 1.85 bits per heavy atom. The van der Waals surface area contributed by atoms with Gasteiger partial charge in [0.1, 0.15) is 10.7 Å². The van der Waals surface area contributed by atoms with Gasteiger partial charge in [0, 0.05) is 12.1 Å². The van der Waals surface area contributed by atoms with Crippen molar-refractivity contribution >= 4 is 10.0 Å². The van der Waals surface area contributed by atoms with E-state index in [1.165, 1.54) is 18.2 Å². The van der Waals surface area contributed by atoms with E-state index in [1.807, 2.05) is 14.1 Å². The van der Waals surface area contributed by atoms with Crippen molar-refractivity contribution in [2.24, 2.45) is 0 Å². The van der Waals surface area contributed by atoms with Gasteiger partial charge in [-0.2, -0.15) is 0 Å². The highest BCUT2D eigenvalue weighted by Gasteiger charge is 2.37. The van der Waals surface area contributed by atoms with Gasteiger partial charge in [0.2, 0.25) is 10.0 Å². The lowest BCUT2D eigenvalue weighted by molar-refractivity contribution is 0.162. The molecule has 112 valence electrons. The first-order valence-corrected chi connectivity index (χ1v) is 8.27. The summed E-state index contributed by atoms with van der Waals surface area (Å²) >= 11 is 0. The third-order valence-corrected chi connectivity index (χ3v) is 5.63. The molecule has 0 aromatic heterocycles. The lowest BCUT2D eigenvalue weighted by Gasteiger charge is -2.36. The number of benzene rings is 1. The SMILES string of the molecule is CN(C)C1(CNS(=O)(=O)c2ccccc2F)CCCC1. The number of nitrogens with one attached hydrogen (secondary N) is 1. The highest BCUT2D eigenvalue weighted by Crippen LogP contribution is 2.33. The van der Waals surface area contributed by atoms with Crippen LogP contribution in [-0.4, -0.2) is 39.5 Å². The molecule has 0 heterocycles. The molecule has 4 nitrogen and oxygen atoms in total. The van der Waals surface area contributed by atoms with Crippen molar-refractivity contribution in [1.82, 2.24) is 9.62 Å². The average Bonchev–Trinajstić information content (AvgIpc) is 2.87. The number of sulfonamides is 1. The molecule has 1 fully saturated rings. The fourth-order valence-electron chi connectivity index (χ4n) is 2.78. The monoisotopic (exact) mass is 300 g/mol. The summed E-state index contributed by atoms with van der Waals surface area (Å²) in [5.41, 5.74) is -0.154. The van der Waals surface area contributed by atoms with Gasteiger partial charge in [-0.05, 0) is 39.1 Å². The van der Waals surface area contributed by atoms with Crippen molar-refractivity contribution in [1.29, 1.82) is 0 Å². The first-order chi connectivity index (χ1) is 9.37. The zero-order chi connectivity index (χ0) is 14.8. The summed E-state index contributed by atoms with van der Waals surface area (Å²) in [6.45, 7) is 0.316. The van der Waals surface area contributed by atoms with Gasteiger partial charge in [-0.1, -0.05) is 25.0 Å². The average molecular weight is 300 g/mol. The fourth-order valence-corrected chi connectivity index (χ4v) is 3.98. The van der Waals surface area contributed by atoms with E-state index >= 15 is 0 Å². The van der Waals surface area contributed by atoms with E-state index in [2.05, 4.69) is 9.62 Å². The Labute approximate surface area is 120 Å². The molecule has 2 rings (SSSR count). The van der Waals surface area contributed by atoms with Crippen LogP contribution in [0.15, 0.2) is 29.2 Å². The summed E-state index contributed by atoms with van der Waals surface area (Å²) in [5.74, 6) is -0.717. The predicted molar refractivity (Wildman–Crippen MR) is 76.5 cm³/mol. The molecule has 1 aromatic carbocycles. The van der Waals surface area contributed by atoms with Crippen molar-refractivity contribution in [2.75, 3.05) is 20.6 Å². The normalized spacial score (nSPS) is 18.6. The van der Waals surface area contributed by atoms with Crippen LogP contribution in [-0.2, 0) is 10.0 Å². The number of hydrogen-bond acceptors (Lipinski definition) is 3. The standard InChI is InChI=1S/C14H21FN2O2S/c1-17(2)14(9-5-6-10-14)11-16-20(18,19)13-8-4-3-7-12(13)15/h3-4,7-8,16H,5-6,9-11H2,1-2H3. The molecular weight excluding hydrogens is 279 g/mol. The summed E-state index contributed by atoms with van der Waals surface area (Å²) in [6.07, 6.45) is 4.11. The molecule has 0 bridgehead atoms. The van der Waals surface area contributed by atoms with E-state index in [4.69, 9.17) is 0 Å². The molecule has 6 heteroatoms. The van der Waals surface area contributed by atoms with E-state index in [1.54, 1.807) is 0 Å². The predicted octanol–water partition coefficient (Wildman–Crippen LogP) is 1.98. The Balaban J connectivity index is 2.15. The van der Waals surface area contributed by atoms with Crippen molar-refractivity contribution < 1.29 is 12.8 Å². The van der Waals surface area contributed by atoms with Gasteiger partial charge in [0.05, 0.1) is 0 Å². The van der Waals surface area contributed by atoms with E-state index in [0.29, 0.717) is 6.54 Å². The van der Waals surface area contributed by atoms with Crippen molar-refractivity contribution in [3.05, 3.63) is 30.1 Å². The summed E-state index contributed by atoms with van der Waals surface area (Å²) in [6, 6.07) is 5.45. The van der Waals surface area contributed by atoms with Crippen LogP contribution in [0.4, 0.5) is 4.39 Å². The molecule has 0 atom stereocenters. The molecule has 0 aliphatic heterocycles. The van der Waals surface area contributed by atoms with Crippen molar-refractivity contribution in [2.45, 2.75) is 36.1 Å². The Morgan fingerprint density at radius 1 is 1.25 bits per heavy atom. The first-order valence-electron chi connectivity index (χ1n) is 6.79. The Bertz CT molecular complexity index is 566. The van der Waals surface area contributed by atoms with Crippen LogP contribution < -0.4 is 4.72 Å². The molecule has 1 aromatic rings. The van der Waals surface area contributed by atoms with Crippen LogP contribution in [0.5, 0.6) is 0 Å². The summed E-state index contributed by atoms with van der Waals surface area (Å²) in [7, 11) is 0.120. The van der Waals surface area contributed by atoms with Gasteiger partial charge in [-0.15, -0.1) is 0 Å². The van der Waals surface area contributed by atoms with Gasteiger partial charge in [-0.3, -0.25) is 0 Å². The second-order valence-electron chi connectivity index (χ2n) is 5.58. The molecule has 1 N–H and O–H groups in total. The molecule has 1 saturated carbocycles. The molecule has 0 unspecified atom stereocenters. The lowest BCUT2D eigenvalue weighted by Crippen LogP contribution is -2.50. The molecule has 0 amide bonds. The summed E-state index contributed by atoms with van der Waals surface area (Å²) in [4.78, 5) is 1.79. The van der Waals surface area contributed by atoms with Gasteiger partial charge in [-0.25, -0.2) is 17.5 Å². The van der Waals surface area contributed by atoms with Crippen molar-refractivity contribution in [3.63, 3.8) is 0 Å². The topological polar surface area (TPSA) is 49.4 Å². The van der Waals surface area contributed by atoms with Crippen LogP contribution in [0.2, 0.25) is 0 Å². The number of likely N-dealkylation sites (N-methyl/N-ethyl adjacent to an activating group) is 1. The summed E-state index contributed by atoms with van der Waals surface area (Å²) in [5, 5.41) is 0. The van der Waals surface area contributed by atoms with Crippen LogP contribution in [0.3, 0.4) is 0 Å². The Hall–Kier alpha value is -0.980. The van der Waals surface area contributed by atoms with Gasteiger partial charge >= 0.3 is 0 Å². The molecular formula is C14H21FN2O2S. The number of nitrogens with zero attached hydrogens (tertiary/aromatic N) is 1. The number of hydrogen-bond donors (Lipinski definition) is 1. The largest absolute Gasteiger partial charge is 0.302 e. The Morgan fingerprint density at radius 3 is 2.40 bits per heavy atom. The fraction of sp³-hybridized carbons (Fsp3) is 0.571. The number of halogens is 1. The highest BCUT2D eigenvalue weighted by atomic mass is 32.2. The quantitative estimate of drug-likeness (QED) is 0.904. The van der Waals surface area contributed by atoms with E-state index in [0.717, 1.165) is 31.7 Å². The number of rotatable bonds is 5. The second kappa shape index (κ2) is 5.79. The summed E-state index contributed by atoms with van der Waals surface area (Å²) < 4.78 is 40.6. The van der Waals surface area contributed by atoms with Crippen molar-refractivity contribution in [3.8, 4) is 0 Å². The van der Waals surface area contributed by atoms with E-state index in [9.17, 15) is 12.8 Å². The third-order valence-electron chi connectivity index (χ3n) is 4.20. The second-order valence-corrected chi connectivity index (χ2v) is 7.32. The minimum Gasteiger partial charge on any atom is -0.302 e. The maximum absolute atomic E-state index is 13.6. The lowest BCUT2D eigenvalue weighted by atomic mass is 9.97. The van der Waals surface area contributed by atoms with Gasteiger partial charge in [0.25, 0.3) is 0 Å².